The van der Waals surface area contributed by atoms with E-state index in [-0.39, 0.29) is 6.10 Å². The number of pyridine rings is 2. The van der Waals surface area contributed by atoms with E-state index in [9.17, 15) is 0 Å². The van der Waals surface area contributed by atoms with E-state index in [1.807, 2.05) is 50.4 Å². The Labute approximate surface area is 198 Å². The number of fused-ring (bicyclic) bond motifs is 1. The van der Waals surface area contributed by atoms with Crippen LogP contribution in [0.5, 0.6) is 5.88 Å². The summed E-state index contributed by atoms with van der Waals surface area (Å²) in [4.78, 5) is 13.7. The molecule has 1 fully saturated rings. The molecule has 0 aliphatic carbocycles. The number of nitriles is 1. The second-order valence-electron chi connectivity index (χ2n) is 8.79. The van der Waals surface area contributed by atoms with Gasteiger partial charge in [-0.1, -0.05) is 12.1 Å². The summed E-state index contributed by atoms with van der Waals surface area (Å²) in [5.41, 5.74) is 4.63. The van der Waals surface area contributed by atoms with E-state index in [4.69, 9.17) is 10.00 Å². The highest BCUT2D eigenvalue weighted by molar-refractivity contribution is 5.93. The number of piperazine rings is 1. The van der Waals surface area contributed by atoms with E-state index in [1.54, 1.807) is 6.20 Å². The lowest BCUT2D eigenvalue weighted by Gasteiger charge is -2.35. The normalized spacial score (nSPS) is 14.5. The third kappa shape index (κ3) is 4.70. The molecule has 1 aliphatic rings. The smallest absolute Gasteiger partial charge is 0.214 e. The van der Waals surface area contributed by atoms with E-state index in [0.29, 0.717) is 11.4 Å². The van der Waals surface area contributed by atoms with Crippen molar-refractivity contribution >= 4 is 16.7 Å². The minimum atomic E-state index is 0.0572. The fourth-order valence-electron chi connectivity index (χ4n) is 4.29. The van der Waals surface area contributed by atoms with Gasteiger partial charge in [-0.2, -0.15) is 10.4 Å². The van der Waals surface area contributed by atoms with Crippen LogP contribution in [-0.4, -0.2) is 57.3 Å². The van der Waals surface area contributed by atoms with Gasteiger partial charge in [-0.05, 0) is 43.7 Å². The van der Waals surface area contributed by atoms with Gasteiger partial charge in [-0.25, -0.2) is 9.97 Å². The second-order valence-corrected chi connectivity index (χ2v) is 8.79. The summed E-state index contributed by atoms with van der Waals surface area (Å²) in [6.07, 6.45) is 3.66. The van der Waals surface area contributed by atoms with Crippen molar-refractivity contribution in [3.63, 3.8) is 0 Å². The molecular weight excluding hydrogens is 426 g/mol. The maximum Gasteiger partial charge on any atom is 0.214 e. The summed E-state index contributed by atoms with van der Waals surface area (Å²) in [6, 6.07) is 16.1. The molecule has 1 aromatic carbocycles. The van der Waals surface area contributed by atoms with Crippen LogP contribution in [0.1, 0.15) is 25.0 Å². The Morgan fingerprint density at radius 3 is 2.74 bits per heavy atom. The predicted molar refractivity (Wildman–Crippen MR) is 132 cm³/mol. The van der Waals surface area contributed by atoms with Crippen LogP contribution in [0.15, 0.2) is 54.9 Å². The molecule has 8 heteroatoms. The molecular formula is C26H27N7O. The Balaban J connectivity index is 1.30. The van der Waals surface area contributed by atoms with Crippen molar-refractivity contribution in [2.75, 3.05) is 31.1 Å². The van der Waals surface area contributed by atoms with Crippen LogP contribution < -0.4 is 9.64 Å². The summed E-state index contributed by atoms with van der Waals surface area (Å²) < 4.78 is 5.77. The van der Waals surface area contributed by atoms with Crippen LogP contribution in [0, 0.1) is 11.3 Å². The molecule has 0 atom stereocenters. The second kappa shape index (κ2) is 9.49. The topological polar surface area (TPSA) is 94.0 Å². The maximum atomic E-state index is 9.13. The first-order valence-corrected chi connectivity index (χ1v) is 11.5. The van der Waals surface area contributed by atoms with Gasteiger partial charge in [-0.15, -0.1) is 0 Å². The summed E-state index contributed by atoms with van der Waals surface area (Å²) in [7, 11) is 0. The van der Waals surface area contributed by atoms with Crippen molar-refractivity contribution in [3.05, 3.63) is 66.0 Å². The molecule has 3 aromatic heterocycles. The van der Waals surface area contributed by atoms with Gasteiger partial charge in [-0.3, -0.25) is 10.00 Å². The van der Waals surface area contributed by atoms with E-state index in [2.05, 4.69) is 48.2 Å². The van der Waals surface area contributed by atoms with Crippen molar-refractivity contribution in [1.29, 1.82) is 5.26 Å². The summed E-state index contributed by atoms with van der Waals surface area (Å²) in [5, 5.41) is 17.7. The van der Waals surface area contributed by atoms with Gasteiger partial charge in [0.1, 0.15) is 11.5 Å². The molecule has 1 aliphatic heterocycles. The van der Waals surface area contributed by atoms with Crippen molar-refractivity contribution in [2.24, 2.45) is 0 Å². The first-order valence-electron chi connectivity index (χ1n) is 11.5. The lowest BCUT2D eigenvalue weighted by molar-refractivity contribution is 0.233. The molecule has 0 radical (unpaired) electrons. The average molecular weight is 454 g/mol. The highest BCUT2D eigenvalue weighted by Crippen LogP contribution is 2.30. The van der Waals surface area contributed by atoms with Crippen molar-refractivity contribution in [1.82, 2.24) is 25.1 Å². The number of hydrogen-bond donors (Lipinski definition) is 1. The summed E-state index contributed by atoms with van der Waals surface area (Å²) >= 11 is 0. The molecule has 4 aromatic rings. The van der Waals surface area contributed by atoms with Gasteiger partial charge in [0.2, 0.25) is 5.88 Å². The number of aromatic amines is 1. The highest BCUT2D eigenvalue weighted by atomic mass is 16.5. The highest BCUT2D eigenvalue weighted by Gasteiger charge is 2.19. The number of rotatable bonds is 6. The number of H-pyrrole nitrogens is 1. The van der Waals surface area contributed by atoms with E-state index in [1.165, 1.54) is 5.56 Å². The first-order chi connectivity index (χ1) is 16.6. The maximum absolute atomic E-state index is 9.13. The molecule has 0 amide bonds. The fourth-order valence-corrected chi connectivity index (χ4v) is 4.29. The number of aromatic nitrogens is 4. The van der Waals surface area contributed by atoms with Gasteiger partial charge < -0.3 is 9.64 Å². The third-order valence-corrected chi connectivity index (χ3v) is 5.96. The Morgan fingerprint density at radius 1 is 1.09 bits per heavy atom. The zero-order chi connectivity index (χ0) is 23.5. The molecule has 172 valence electrons. The molecule has 0 bridgehead atoms. The zero-order valence-electron chi connectivity index (χ0n) is 19.4. The van der Waals surface area contributed by atoms with Crippen LogP contribution in [0.3, 0.4) is 0 Å². The van der Waals surface area contributed by atoms with E-state index < -0.39 is 0 Å². The van der Waals surface area contributed by atoms with Crippen molar-refractivity contribution < 1.29 is 4.74 Å². The first kappa shape index (κ1) is 21.9. The Hall–Kier alpha value is -3.96. The fraction of sp³-hybridized carbons (Fsp3) is 0.308. The monoisotopic (exact) mass is 453 g/mol. The Kier molecular flexibility index (Phi) is 6.11. The molecule has 0 spiro atoms. The number of anilines is 1. The quantitative estimate of drug-likeness (QED) is 0.471. The van der Waals surface area contributed by atoms with Crippen molar-refractivity contribution in [3.8, 4) is 23.2 Å². The van der Waals surface area contributed by atoms with Crippen LogP contribution >= 0.6 is 0 Å². The standard InChI is InChI=1S/C26H27N7O/c1-18(2)34-25-14-22-23(16-29-25)30-31-26(22)21-6-7-28-24(13-21)33-10-8-32(9-11-33)17-20-5-3-4-19(12-20)15-27/h3-7,12-14,16,18H,8-11,17H2,1-2H3,(H,30,31). The minimum absolute atomic E-state index is 0.0572. The predicted octanol–water partition coefficient (Wildman–Crippen LogP) is 4.00. The van der Waals surface area contributed by atoms with E-state index >= 15 is 0 Å². The number of nitrogens with zero attached hydrogens (tertiary/aromatic N) is 6. The van der Waals surface area contributed by atoms with Crippen LogP contribution in [0.2, 0.25) is 0 Å². The lowest BCUT2D eigenvalue weighted by atomic mass is 10.1. The van der Waals surface area contributed by atoms with Gasteiger partial charge in [0.15, 0.2) is 0 Å². The lowest BCUT2D eigenvalue weighted by Crippen LogP contribution is -2.46. The molecule has 0 saturated carbocycles. The average Bonchev–Trinajstić information content (AvgIpc) is 3.28. The van der Waals surface area contributed by atoms with Gasteiger partial charge in [0.05, 0.1) is 29.5 Å². The van der Waals surface area contributed by atoms with E-state index in [0.717, 1.165) is 60.7 Å². The van der Waals surface area contributed by atoms with Crippen LogP contribution in [0.25, 0.3) is 22.2 Å². The molecule has 0 unspecified atom stereocenters. The largest absolute Gasteiger partial charge is 0.475 e. The number of benzene rings is 1. The van der Waals surface area contributed by atoms with Gasteiger partial charge >= 0.3 is 0 Å². The SMILES string of the molecule is CC(C)Oc1cc2c(-c3ccnc(N4CCN(Cc5cccc(C#N)c5)CC4)c3)n[nH]c2cn1. The number of ether oxygens (including phenoxy) is 1. The number of nitrogens with one attached hydrogen (secondary N) is 1. The molecule has 34 heavy (non-hydrogen) atoms. The Morgan fingerprint density at radius 2 is 1.94 bits per heavy atom. The third-order valence-electron chi connectivity index (χ3n) is 5.96. The van der Waals surface area contributed by atoms with Gasteiger partial charge in [0, 0.05) is 55.9 Å². The molecule has 8 nitrogen and oxygen atoms in total. The molecule has 1 saturated heterocycles. The summed E-state index contributed by atoms with van der Waals surface area (Å²) in [6.45, 7) is 8.50. The molecule has 4 heterocycles. The number of hydrogen-bond acceptors (Lipinski definition) is 7. The van der Waals surface area contributed by atoms with Crippen LogP contribution in [0.4, 0.5) is 5.82 Å². The zero-order valence-corrected chi connectivity index (χ0v) is 19.4. The summed E-state index contributed by atoms with van der Waals surface area (Å²) in [5.74, 6) is 1.54. The molecule has 1 N–H and O–H groups in total. The molecule has 5 rings (SSSR count). The van der Waals surface area contributed by atoms with Gasteiger partial charge in [0.25, 0.3) is 0 Å². The Bertz CT molecular complexity index is 1330. The van der Waals surface area contributed by atoms with Crippen LogP contribution in [-0.2, 0) is 6.54 Å². The van der Waals surface area contributed by atoms with Crippen molar-refractivity contribution in [2.45, 2.75) is 26.5 Å². The minimum Gasteiger partial charge on any atom is -0.475 e.